The maximum Gasteiger partial charge on any atom is 0.242 e. The number of nitrogens with zero attached hydrogens (tertiary/aromatic N) is 3. The minimum atomic E-state index is -0.654. The van der Waals surface area contributed by atoms with Crippen LogP contribution in [0.4, 0.5) is 0 Å². The van der Waals surface area contributed by atoms with E-state index in [1.807, 2.05) is 18.2 Å². The van der Waals surface area contributed by atoms with Crippen molar-refractivity contribution in [3.63, 3.8) is 0 Å². The number of benzene rings is 1. The fourth-order valence-corrected chi connectivity index (χ4v) is 2.02. The molecule has 3 aromatic rings. The van der Waals surface area contributed by atoms with E-state index in [9.17, 15) is 4.79 Å². The molecule has 2 aromatic heterocycles. The summed E-state index contributed by atoms with van der Waals surface area (Å²) < 4.78 is 11.0. The number of allylic oxidation sites excluding steroid dienone is 1. The molecule has 0 N–H and O–H groups in total. The molecule has 0 radical (unpaired) electrons. The molecule has 0 saturated heterocycles. The zero-order valence-corrected chi connectivity index (χ0v) is 10.5. The number of amides is 1. The molecule has 0 fully saturated rings. The fourth-order valence-electron chi connectivity index (χ4n) is 2.02. The summed E-state index contributed by atoms with van der Waals surface area (Å²) in [7, 11) is 0. The molecule has 0 unspecified atom stereocenters. The molecule has 0 spiro atoms. The first kappa shape index (κ1) is 12.1. The first-order chi connectivity index (χ1) is 9.67. The number of carbonyl (C=O) groups excluding carboxylic acids is 1. The fraction of sp³-hybridized carbons (Fsp3) is 0.0714. The van der Waals surface area contributed by atoms with Crippen LogP contribution < -0.4 is 0 Å². The molecule has 0 aliphatic rings. The molecule has 20 heavy (non-hydrogen) atoms. The Bertz CT molecular complexity index is 847. The van der Waals surface area contributed by atoms with Crippen molar-refractivity contribution in [2.45, 2.75) is 6.92 Å². The topological polar surface area (TPSA) is 92.1 Å². The molecule has 6 nitrogen and oxygen atoms in total. The van der Waals surface area contributed by atoms with Gasteiger partial charge in [0.05, 0.1) is 6.26 Å². The highest BCUT2D eigenvalue weighted by atomic mass is 16.3. The van der Waals surface area contributed by atoms with Crippen molar-refractivity contribution < 1.29 is 13.6 Å². The maximum absolute atomic E-state index is 11.2. The molecule has 0 aliphatic heterocycles. The number of furan rings is 2. The summed E-state index contributed by atoms with van der Waals surface area (Å²) in [5.74, 6) is -0.103. The minimum absolute atomic E-state index is 0.550. The van der Waals surface area contributed by atoms with Crippen LogP contribution in [0.5, 0.6) is 0 Å². The average molecular weight is 267 g/mol. The summed E-state index contributed by atoms with van der Waals surface area (Å²) in [6, 6.07) is 7.45. The lowest BCUT2D eigenvalue weighted by molar-refractivity contribution is -0.113. The van der Waals surface area contributed by atoms with Crippen molar-refractivity contribution in [1.29, 1.82) is 0 Å². The molecular formula is C14H9N3O3. The van der Waals surface area contributed by atoms with Crippen molar-refractivity contribution in [2.24, 2.45) is 5.11 Å². The van der Waals surface area contributed by atoms with Crippen LogP contribution in [0.25, 0.3) is 38.0 Å². The second-order valence-electron chi connectivity index (χ2n) is 4.31. The Hall–Kier alpha value is -2.98. The summed E-state index contributed by atoms with van der Waals surface area (Å²) in [6.45, 7) is 1.71. The van der Waals surface area contributed by atoms with Crippen LogP contribution in [0, 0.1) is 0 Å². The van der Waals surface area contributed by atoms with Gasteiger partial charge in [-0.1, -0.05) is 0 Å². The Balaban J connectivity index is 2.08. The molecule has 1 amide bonds. The van der Waals surface area contributed by atoms with Crippen LogP contribution in [-0.4, -0.2) is 5.91 Å². The van der Waals surface area contributed by atoms with E-state index in [1.165, 1.54) is 6.08 Å². The molecule has 0 bridgehead atoms. The minimum Gasteiger partial charge on any atom is -0.464 e. The third kappa shape index (κ3) is 2.04. The largest absolute Gasteiger partial charge is 0.464 e. The predicted octanol–water partition coefficient (Wildman–Crippen LogP) is 4.42. The Kier molecular flexibility index (Phi) is 2.78. The molecule has 0 aliphatic carbocycles. The van der Waals surface area contributed by atoms with Gasteiger partial charge in [-0.15, -0.1) is 0 Å². The van der Waals surface area contributed by atoms with Crippen molar-refractivity contribution in [3.05, 3.63) is 52.8 Å². The maximum atomic E-state index is 11.2. The SMILES string of the molecule is C/C(=C\C(=O)N=[N+]=[N-])c1cc2cc3ccoc3cc2o1. The smallest absolute Gasteiger partial charge is 0.242 e. The van der Waals surface area contributed by atoms with E-state index in [0.29, 0.717) is 16.9 Å². The lowest BCUT2D eigenvalue weighted by atomic mass is 10.1. The summed E-state index contributed by atoms with van der Waals surface area (Å²) in [5, 5.41) is 4.89. The summed E-state index contributed by atoms with van der Waals surface area (Å²) in [5.41, 5.74) is 10.2. The quantitative estimate of drug-likeness (QED) is 0.297. The molecule has 0 atom stereocenters. The molecule has 2 heterocycles. The number of azide groups is 1. The zero-order valence-electron chi connectivity index (χ0n) is 10.5. The monoisotopic (exact) mass is 267 g/mol. The third-order valence-electron chi connectivity index (χ3n) is 2.96. The van der Waals surface area contributed by atoms with E-state index in [2.05, 4.69) is 10.0 Å². The van der Waals surface area contributed by atoms with Crippen LogP contribution in [0.15, 0.2) is 50.6 Å². The lowest BCUT2D eigenvalue weighted by Gasteiger charge is -1.92. The van der Waals surface area contributed by atoms with Gasteiger partial charge in [0.2, 0.25) is 5.91 Å². The van der Waals surface area contributed by atoms with Crippen molar-refractivity contribution in [1.82, 2.24) is 0 Å². The second-order valence-corrected chi connectivity index (χ2v) is 4.31. The van der Waals surface area contributed by atoms with Crippen LogP contribution >= 0.6 is 0 Å². The molecule has 98 valence electrons. The van der Waals surface area contributed by atoms with Gasteiger partial charge < -0.3 is 8.83 Å². The first-order valence-corrected chi connectivity index (χ1v) is 5.86. The highest BCUT2D eigenvalue weighted by Gasteiger charge is 2.09. The van der Waals surface area contributed by atoms with Crippen LogP contribution in [-0.2, 0) is 4.79 Å². The van der Waals surface area contributed by atoms with Crippen molar-refractivity contribution in [3.8, 4) is 0 Å². The van der Waals surface area contributed by atoms with Gasteiger partial charge in [-0.3, -0.25) is 4.79 Å². The normalized spacial score (nSPS) is 11.8. The molecule has 6 heteroatoms. The van der Waals surface area contributed by atoms with E-state index in [-0.39, 0.29) is 0 Å². The van der Waals surface area contributed by atoms with Gasteiger partial charge >= 0.3 is 0 Å². The van der Waals surface area contributed by atoms with E-state index < -0.39 is 5.91 Å². The number of carbonyl (C=O) groups is 1. The van der Waals surface area contributed by atoms with Crippen molar-refractivity contribution >= 4 is 33.4 Å². The molecule has 0 saturated carbocycles. The van der Waals surface area contributed by atoms with Gasteiger partial charge in [0.25, 0.3) is 0 Å². The van der Waals surface area contributed by atoms with Gasteiger partial charge in [-0.25, -0.2) is 0 Å². The second kappa shape index (κ2) is 4.60. The van der Waals surface area contributed by atoms with E-state index >= 15 is 0 Å². The highest BCUT2D eigenvalue weighted by molar-refractivity contribution is 5.97. The summed E-state index contributed by atoms with van der Waals surface area (Å²) in [4.78, 5) is 13.7. The van der Waals surface area contributed by atoms with Gasteiger partial charge in [0.15, 0.2) is 0 Å². The highest BCUT2D eigenvalue weighted by Crippen LogP contribution is 2.29. The van der Waals surface area contributed by atoms with Crippen LogP contribution in [0.3, 0.4) is 0 Å². The standard InChI is InChI=1S/C14H9N3O3/c1-8(4-14(18)16-17-15)11-6-10-5-9-2-3-19-12(9)7-13(10)20-11/h2-7H,1H3/b8-4+. The molecule has 1 aromatic carbocycles. The number of hydrogen-bond donors (Lipinski definition) is 0. The number of hydrogen-bond acceptors (Lipinski definition) is 3. The third-order valence-corrected chi connectivity index (χ3v) is 2.96. The Morgan fingerprint density at radius 3 is 2.95 bits per heavy atom. The lowest BCUT2D eigenvalue weighted by Crippen LogP contribution is -1.85. The van der Waals surface area contributed by atoms with Gasteiger partial charge in [-0.05, 0) is 47.4 Å². The van der Waals surface area contributed by atoms with Gasteiger partial charge in [0, 0.05) is 21.8 Å². The van der Waals surface area contributed by atoms with Gasteiger partial charge in [0.1, 0.15) is 16.9 Å². The number of fused-ring (bicyclic) bond motifs is 2. The summed E-state index contributed by atoms with van der Waals surface area (Å²) in [6.07, 6.45) is 2.86. The Morgan fingerprint density at radius 1 is 1.30 bits per heavy atom. The molecular weight excluding hydrogens is 258 g/mol. The van der Waals surface area contributed by atoms with E-state index in [4.69, 9.17) is 14.4 Å². The average Bonchev–Trinajstić information content (AvgIpc) is 3.00. The predicted molar refractivity (Wildman–Crippen MR) is 73.8 cm³/mol. The van der Waals surface area contributed by atoms with E-state index in [1.54, 1.807) is 19.3 Å². The zero-order chi connectivity index (χ0) is 14.1. The van der Waals surface area contributed by atoms with Crippen molar-refractivity contribution in [2.75, 3.05) is 0 Å². The Morgan fingerprint density at radius 2 is 2.15 bits per heavy atom. The molecule has 3 rings (SSSR count). The summed E-state index contributed by atoms with van der Waals surface area (Å²) >= 11 is 0. The van der Waals surface area contributed by atoms with E-state index in [0.717, 1.165) is 16.4 Å². The van der Waals surface area contributed by atoms with Gasteiger partial charge in [-0.2, -0.15) is 0 Å². The van der Waals surface area contributed by atoms with Crippen LogP contribution in [0.2, 0.25) is 0 Å². The first-order valence-electron chi connectivity index (χ1n) is 5.86. The number of rotatable bonds is 2. The Labute approximate surface area is 112 Å². The van der Waals surface area contributed by atoms with Crippen LogP contribution in [0.1, 0.15) is 12.7 Å².